The molecule has 3 N–H and O–H groups in total. The van der Waals surface area contributed by atoms with Crippen LogP contribution in [0.4, 0.5) is 5.69 Å². The zero-order valence-corrected chi connectivity index (χ0v) is 6.32. The Morgan fingerprint density at radius 3 is 2.36 bits per heavy atom. The summed E-state index contributed by atoms with van der Waals surface area (Å²) in [5.74, 6) is 0.620. The van der Waals surface area contributed by atoms with Crippen molar-refractivity contribution in [3.8, 4) is 5.75 Å². The van der Waals surface area contributed by atoms with Gasteiger partial charge in [-0.05, 0) is 31.2 Å². The Morgan fingerprint density at radius 1 is 1.36 bits per heavy atom. The molecule has 0 heterocycles. The van der Waals surface area contributed by atoms with E-state index >= 15 is 0 Å². The first-order valence-corrected chi connectivity index (χ1v) is 3.39. The van der Waals surface area contributed by atoms with Crippen LogP contribution in [0.5, 0.6) is 5.75 Å². The molecule has 0 aliphatic rings. The SMILES string of the molecule is CC(O)Oc1ccc(N)cc1. The molecule has 1 aromatic carbocycles. The molecule has 1 aromatic rings. The summed E-state index contributed by atoms with van der Waals surface area (Å²) in [5, 5.41) is 8.82. The number of ether oxygens (including phenoxy) is 1. The minimum absolute atomic E-state index is 0.620. The van der Waals surface area contributed by atoms with Gasteiger partial charge in [-0.25, -0.2) is 0 Å². The maximum atomic E-state index is 8.82. The van der Waals surface area contributed by atoms with E-state index in [1.165, 1.54) is 0 Å². The van der Waals surface area contributed by atoms with E-state index in [-0.39, 0.29) is 0 Å². The maximum absolute atomic E-state index is 8.82. The number of benzene rings is 1. The summed E-state index contributed by atoms with van der Waals surface area (Å²) in [6, 6.07) is 6.86. The van der Waals surface area contributed by atoms with Crippen LogP contribution in [0.1, 0.15) is 6.92 Å². The lowest BCUT2D eigenvalue weighted by atomic mass is 10.3. The van der Waals surface area contributed by atoms with Crippen molar-refractivity contribution in [3.05, 3.63) is 24.3 Å². The van der Waals surface area contributed by atoms with Gasteiger partial charge >= 0.3 is 0 Å². The Morgan fingerprint density at radius 2 is 1.91 bits per heavy atom. The normalized spacial score (nSPS) is 12.5. The topological polar surface area (TPSA) is 55.5 Å². The fraction of sp³-hybridized carbons (Fsp3) is 0.250. The molecule has 3 nitrogen and oxygen atoms in total. The molecular formula is C8H11NO2. The van der Waals surface area contributed by atoms with Gasteiger partial charge < -0.3 is 15.6 Å². The highest BCUT2D eigenvalue weighted by Crippen LogP contribution is 2.13. The van der Waals surface area contributed by atoms with E-state index in [0.29, 0.717) is 11.4 Å². The Bertz CT molecular complexity index is 218. The largest absolute Gasteiger partial charge is 0.465 e. The van der Waals surface area contributed by atoms with Crippen LogP contribution < -0.4 is 10.5 Å². The van der Waals surface area contributed by atoms with Gasteiger partial charge in [-0.15, -0.1) is 0 Å². The third-order valence-electron chi connectivity index (χ3n) is 1.19. The summed E-state index contributed by atoms with van der Waals surface area (Å²) in [6.07, 6.45) is -0.779. The quantitative estimate of drug-likeness (QED) is 0.492. The van der Waals surface area contributed by atoms with Crippen LogP contribution in [-0.4, -0.2) is 11.4 Å². The number of nitrogen functional groups attached to an aromatic ring is 1. The van der Waals surface area contributed by atoms with E-state index < -0.39 is 6.29 Å². The second-order valence-electron chi connectivity index (χ2n) is 2.29. The molecule has 1 unspecified atom stereocenters. The molecule has 1 atom stereocenters. The first kappa shape index (κ1) is 7.88. The molecule has 0 bridgehead atoms. The Hall–Kier alpha value is -1.22. The predicted octanol–water partition coefficient (Wildman–Crippen LogP) is 0.986. The van der Waals surface area contributed by atoms with E-state index in [1.54, 1.807) is 31.2 Å². The number of anilines is 1. The van der Waals surface area contributed by atoms with E-state index in [0.717, 1.165) is 0 Å². The van der Waals surface area contributed by atoms with E-state index in [9.17, 15) is 0 Å². The molecular weight excluding hydrogens is 142 g/mol. The number of aliphatic hydroxyl groups is 1. The van der Waals surface area contributed by atoms with Crippen LogP contribution in [0.3, 0.4) is 0 Å². The number of hydrogen-bond donors (Lipinski definition) is 2. The summed E-state index contributed by atoms with van der Waals surface area (Å²) < 4.78 is 4.97. The second-order valence-corrected chi connectivity index (χ2v) is 2.29. The highest BCUT2D eigenvalue weighted by molar-refractivity contribution is 5.41. The molecule has 3 heteroatoms. The molecule has 0 aliphatic heterocycles. The maximum Gasteiger partial charge on any atom is 0.194 e. The summed E-state index contributed by atoms with van der Waals surface area (Å²) in [5.41, 5.74) is 6.12. The van der Waals surface area contributed by atoms with Crippen LogP contribution in [0.2, 0.25) is 0 Å². The summed E-state index contributed by atoms with van der Waals surface area (Å²) >= 11 is 0. The molecule has 11 heavy (non-hydrogen) atoms. The lowest BCUT2D eigenvalue weighted by Gasteiger charge is -2.07. The summed E-state index contributed by atoms with van der Waals surface area (Å²) in [6.45, 7) is 1.55. The van der Waals surface area contributed by atoms with Crippen LogP contribution >= 0.6 is 0 Å². The lowest BCUT2D eigenvalue weighted by Crippen LogP contribution is -2.09. The van der Waals surface area contributed by atoms with Gasteiger partial charge in [0.2, 0.25) is 0 Å². The molecule has 0 radical (unpaired) electrons. The Balaban J connectivity index is 2.66. The lowest BCUT2D eigenvalue weighted by molar-refractivity contribution is -0.000279. The minimum Gasteiger partial charge on any atom is -0.465 e. The van der Waals surface area contributed by atoms with Crippen molar-refractivity contribution < 1.29 is 9.84 Å². The van der Waals surface area contributed by atoms with Gasteiger partial charge in [0.05, 0.1) is 0 Å². The van der Waals surface area contributed by atoms with Crippen molar-refractivity contribution >= 4 is 5.69 Å². The average Bonchev–Trinajstić information content (AvgIpc) is 1.93. The van der Waals surface area contributed by atoms with E-state index in [2.05, 4.69) is 0 Å². The average molecular weight is 153 g/mol. The van der Waals surface area contributed by atoms with Crippen molar-refractivity contribution in [3.63, 3.8) is 0 Å². The third kappa shape index (κ3) is 2.47. The molecule has 1 rings (SSSR count). The fourth-order valence-corrected chi connectivity index (χ4v) is 0.743. The van der Waals surface area contributed by atoms with Crippen LogP contribution in [0.15, 0.2) is 24.3 Å². The van der Waals surface area contributed by atoms with Gasteiger partial charge in [0, 0.05) is 5.69 Å². The van der Waals surface area contributed by atoms with E-state index in [1.807, 2.05) is 0 Å². The van der Waals surface area contributed by atoms with Gasteiger partial charge in [-0.1, -0.05) is 0 Å². The third-order valence-corrected chi connectivity index (χ3v) is 1.19. The predicted molar refractivity (Wildman–Crippen MR) is 43.2 cm³/mol. The number of aliphatic hydroxyl groups excluding tert-OH is 1. The number of rotatable bonds is 2. The summed E-state index contributed by atoms with van der Waals surface area (Å²) in [4.78, 5) is 0. The van der Waals surface area contributed by atoms with Gasteiger partial charge in [-0.2, -0.15) is 0 Å². The van der Waals surface area contributed by atoms with Crippen LogP contribution in [-0.2, 0) is 0 Å². The van der Waals surface area contributed by atoms with Crippen LogP contribution in [0.25, 0.3) is 0 Å². The first-order chi connectivity index (χ1) is 5.18. The Labute approximate surface area is 65.4 Å². The van der Waals surface area contributed by atoms with Gasteiger partial charge in [0.25, 0.3) is 0 Å². The van der Waals surface area contributed by atoms with Crippen molar-refractivity contribution in [2.24, 2.45) is 0 Å². The molecule has 0 saturated carbocycles. The molecule has 0 aliphatic carbocycles. The van der Waals surface area contributed by atoms with Crippen LogP contribution in [0, 0.1) is 0 Å². The summed E-state index contributed by atoms with van der Waals surface area (Å²) in [7, 11) is 0. The highest BCUT2D eigenvalue weighted by atomic mass is 16.6. The smallest absolute Gasteiger partial charge is 0.194 e. The standard InChI is InChI=1S/C8H11NO2/c1-6(10)11-8-4-2-7(9)3-5-8/h2-6,10H,9H2,1H3. The first-order valence-electron chi connectivity index (χ1n) is 3.39. The van der Waals surface area contributed by atoms with Crippen molar-refractivity contribution in [1.82, 2.24) is 0 Å². The molecule has 0 fully saturated rings. The minimum atomic E-state index is -0.779. The van der Waals surface area contributed by atoms with Gasteiger partial charge in [0.15, 0.2) is 6.29 Å². The molecule has 0 aromatic heterocycles. The molecule has 0 spiro atoms. The molecule has 0 amide bonds. The molecule has 60 valence electrons. The molecule has 0 saturated heterocycles. The monoisotopic (exact) mass is 153 g/mol. The number of nitrogens with two attached hydrogens (primary N) is 1. The zero-order valence-electron chi connectivity index (χ0n) is 6.32. The second kappa shape index (κ2) is 3.25. The highest BCUT2D eigenvalue weighted by Gasteiger charge is 1.96. The van der Waals surface area contributed by atoms with E-state index in [4.69, 9.17) is 15.6 Å². The van der Waals surface area contributed by atoms with Crippen molar-refractivity contribution in [2.75, 3.05) is 5.73 Å². The van der Waals surface area contributed by atoms with Gasteiger partial charge in [-0.3, -0.25) is 0 Å². The van der Waals surface area contributed by atoms with Crippen molar-refractivity contribution in [2.45, 2.75) is 13.2 Å². The fourth-order valence-electron chi connectivity index (χ4n) is 0.743. The van der Waals surface area contributed by atoms with Crippen molar-refractivity contribution in [1.29, 1.82) is 0 Å². The zero-order chi connectivity index (χ0) is 8.27. The van der Waals surface area contributed by atoms with Gasteiger partial charge in [0.1, 0.15) is 5.75 Å². The number of hydrogen-bond acceptors (Lipinski definition) is 3. The Kier molecular flexibility index (Phi) is 2.33.